The van der Waals surface area contributed by atoms with Crippen LogP contribution in [0.3, 0.4) is 0 Å². The van der Waals surface area contributed by atoms with E-state index < -0.39 is 16.1 Å². The molecule has 2 aromatic rings. The Bertz CT molecular complexity index is 909. The first-order valence-electron chi connectivity index (χ1n) is 7.22. The predicted octanol–water partition coefficient (Wildman–Crippen LogP) is 3.54. The summed E-state index contributed by atoms with van der Waals surface area (Å²) >= 11 is 0.763. The van der Waals surface area contributed by atoms with Gasteiger partial charge in [0, 0.05) is 11.6 Å². The molecule has 1 aliphatic rings. The van der Waals surface area contributed by atoms with E-state index in [9.17, 15) is 24.8 Å². The molecule has 3 rings (SSSR count). The first kappa shape index (κ1) is 16.7. The molecular weight excluding hydrogens is 344 g/mol. The minimum Gasteiger partial charge on any atom is -0.508 e. The average molecular weight is 356 g/mol. The number of hydrogen-bond acceptors (Lipinski definition) is 6. The van der Waals surface area contributed by atoms with Crippen LogP contribution in [0, 0.1) is 10.1 Å². The van der Waals surface area contributed by atoms with Gasteiger partial charge in [-0.2, -0.15) is 0 Å². The summed E-state index contributed by atoms with van der Waals surface area (Å²) in [6, 6.07) is 12.3. The van der Waals surface area contributed by atoms with Gasteiger partial charge in [0.25, 0.3) is 16.8 Å². The highest BCUT2D eigenvalue weighted by Gasteiger charge is 2.36. The molecule has 2 amide bonds. The second-order valence-electron chi connectivity index (χ2n) is 5.25. The van der Waals surface area contributed by atoms with Crippen LogP contribution in [0.15, 0.2) is 53.4 Å². The number of benzene rings is 2. The molecule has 1 aliphatic heterocycles. The van der Waals surface area contributed by atoms with E-state index in [2.05, 4.69) is 0 Å². The van der Waals surface area contributed by atoms with E-state index in [0.717, 1.165) is 16.7 Å². The van der Waals surface area contributed by atoms with Crippen molar-refractivity contribution in [2.45, 2.75) is 6.54 Å². The van der Waals surface area contributed by atoms with E-state index in [4.69, 9.17) is 0 Å². The van der Waals surface area contributed by atoms with Crippen molar-refractivity contribution in [1.29, 1.82) is 0 Å². The number of aromatic hydroxyl groups is 1. The second-order valence-corrected chi connectivity index (χ2v) is 6.24. The summed E-state index contributed by atoms with van der Waals surface area (Å²) in [7, 11) is 0. The molecule has 0 unspecified atom stereocenters. The zero-order valence-corrected chi connectivity index (χ0v) is 13.6. The fourth-order valence-electron chi connectivity index (χ4n) is 2.40. The highest BCUT2D eigenvalue weighted by Crippen LogP contribution is 2.34. The summed E-state index contributed by atoms with van der Waals surface area (Å²) in [6.45, 7) is -0.167. The SMILES string of the molecule is O=C1S/C(=C/c2cccc(O)c2)C(=O)N1Cc1ccccc1[N+](=O)[O-]. The number of para-hydroxylation sites is 1. The molecule has 2 aromatic carbocycles. The predicted molar refractivity (Wildman–Crippen MR) is 92.7 cm³/mol. The second kappa shape index (κ2) is 6.78. The molecule has 1 saturated heterocycles. The minimum atomic E-state index is -0.545. The van der Waals surface area contributed by atoms with Gasteiger partial charge in [-0.05, 0) is 35.5 Å². The van der Waals surface area contributed by atoms with Gasteiger partial charge in [0.05, 0.1) is 16.4 Å². The number of nitro groups is 1. The molecule has 1 fully saturated rings. The molecule has 0 saturated carbocycles. The number of carbonyl (C=O) groups is 2. The molecule has 0 spiro atoms. The van der Waals surface area contributed by atoms with Gasteiger partial charge < -0.3 is 5.11 Å². The van der Waals surface area contributed by atoms with Crippen LogP contribution in [0.1, 0.15) is 11.1 Å². The minimum absolute atomic E-state index is 0.0490. The Morgan fingerprint density at radius 1 is 1.16 bits per heavy atom. The van der Waals surface area contributed by atoms with E-state index in [-0.39, 0.29) is 28.5 Å². The fraction of sp³-hybridized carbons (Fsp3) is 0.0588. The number of phenols is 1. The average Bonchev–Trinajstić information content (AvgIpc) is 2.83. The molecular formula is C17H12N2O5S. The van der Waals surface area contributed by atoms with Gasteiger partial charge in [-0.15, -0.1) is 0 Å². The van der Waals surface area contributed by atoms with E-state index in [1.54, 1.807) is 18.2 Å². The molecule has 0 aliphatic carbocycles. The maximum atomic E-state index is 12.5. The Kier molecular flexibility index (Phi) is 4.53. The highest BCUT2D eigenvalue weighted by molar-refractivity contribution is 8.18. The topological polar surface area (TPSA) is 101 Å². The number of phenolic OH excluding ortho intramolecular Hbond substituents is 1. The summed E-state index contributed by atoms with van der Waals surface area (Å²) in [6.07, 6.45) is 1.50. The number of imide groups is 1. The summed E-state index contributed by atoms with van der Waals surface area (Å²) in [4.78, 5) is 36.3. The molecule has 1 heterocycles. The van der Waals surface area contributed by atoms with Crippen LogP contribution >= 0.6 is 11.8 Å². The highest BCUT2D eigenvalue weighted by atomic mass is 32.2. The number of hydrogen-bond donors (Lipinski definition) is 1. The number of carbonyl (C=O) groups excluding carboxylic acids is 2. The fourth-order valence-corrected chi connectivity index (χ4v) is 3.23. The smallest absolute Gasteiger partial charge is 0.293 e. The van der Waals surface area contributed by atoms with Gasteiger partial charge >= 0.3 is 0 Å². The van der Waals surface area contributed by atoms with Gasteiger partial charge in [-0.3, -0.25) is 24.6 Å². The first-order valence-corrected chi connectivity index (χ1v) is 8.04. The Balaban J connectivity index is 1.86. The quantitative estimate of drug-likeness (QED) is 0.511. The molecule has 0 radical (unpaired) electrons. The molecule has 0 bridgehead atoms. The molecule has 7 nitrogen and oxygen atoms in total. The van der Waals surface area contributed by atoms with Crippen LogP contribution in [0.25, 0.3) is 6.08 Å². The van der Waals surface area contributed by atoms with Gasteiger partial charge in [0.1, 0.15) is 5.75 Å². The van der Waals surface area contributed by atoms with E-state index in [1.807, 2.05) is 0 Å². The Morgan fingerprint density at radius 2 is 1.92 bits per heavy atom. The Morgan fingerprint density at radius 3 is 2.64 bits per heavy atom. The lowest BCUT2D eigenvalue weighted by atomic mass is 10.1. The van der Waals surface area contributed by atoms with Crippen LogP contribution in [0.2, 0.25) is 0 Å². The van der Waals surface area contributed by atoms with Crippen molar-refractivity contribution in [2.75, 3.05) is 0 Å². The van der Waals surface area contributed by atoms with Crippen molar-refractivity contribution in [2.24, 2.45) is 0 Å². The normalized spacial score (nSPS) is 15.8. The molecule has 8 heteroatoms. The lowest BCUT2D eigenvalue weighted by Crippen LogP contribution is -2.27. The zero-order valence-electron chi connectivity index (χ0n) is 12.8. The number of thioether (sulfide) groups is 1. The molecule has 25 heavy (non-hydrogen) atoms. The summed E-state index contributed by atoms with van der Waals surface area (Å²) in [5.74, 6) is -0.468. The lowest BCUT2D eigenvalue weighted by molar-refractivity contribution is -0.385. The van der Waals surface area contributed by atoms with E-state index >= 15 is 0 Å². The lowest BCUT2D eigenvalue weighted by Gasteiger charge is -2.12. The van der Waals surface area contributed by atoms with Gasteiger partial charge in [0.15, 0.2) is 0 Å². The number of nitro benzene ring substituents is 1. The third-order valence-corrected chi connectivity index (χ3v) is 4.47. The van der Waals surface area contributed by atoms with Crippen molar-refractivity contribution < 1.29 is 19.6 Å². The van der Waals surface area contributed by atoms with Gasteiger partial charge in [-0.1, -0.05) is 30.3 Å². The van der Waals surface area contributed by atoms with Gasteiger partial charge in [0.2, 0.25) is 0 Å². The van der Waals surface area contributed by atoms with Gasteiger partial charge in [-0.25, -0.2) is 0 Å². The Hall–Kier alpha value is -3.13. The van der Waals surface area contributed by atoms with Crippen LogP contribution in [0.4, 0.5) is 10.5 Å². The number of amides is 2. The van der Waals surface area contributed by atoms with Crippen LogP contribution in [-0.4, -0.2) is 26.1 Å². The van der Waals surface area contributed by atoms with Crippen molar-refractivity contribution in [1.82, 2.24) is 4.90 Å². The molecule has 1 N–H and O–H groups in total. The Labute approximate surface area is 146 Å². The number of rotatable bonds is 4. The first-order chi connectivity index (χ1) is 12.0. The third-order valence-electron chi connectivity index (χ3n) is 3.56. The largest absolute Gasteiger partial charge is 0.508 e. The van der Waals surface area contributed by atoms with Crippen LogP contribution in [-0.2, 0) is 11.3 Å². The van der Waals surface area contributed by atoms with Crippen LogP contribution in [0.5, 0.6) is 5.75 Å². The molecule has 0 aromatic heterocycles. The maximum absolute atomic E-state index is 12.5. The standard InChI is InChI=1S/C17H12N2O5S/c20-13-6-3-4-11(8-13)9-15-16(21)18(17(22)25-15)10-12-5-1-2-7-14(12)19(23)24/h1-9,20H,10H2/b15-9+. The third kappa shape index (κ3) is 3.53. The number of nitrogens with zero attached hydrogens (tertiary/aromatic N) is 2. The monoisotopic (exact) mass is 356 g/mol. The summed E-state index contributed by atoms with van der Waals surface area (Å²) in [5, 5.41) is 20.1. The van der Waals surface area contributed by atoms with Crippen molar-refractivity contribution >= 4 is 34.7 Å². The molecule has 0 atom stereocenters. The van der Waals surface area contributed by atoms with Crippen molar-refractivity contribution in [3.8, 4) is 5.75 Å². The molecule has 126 valence electrons. The summed E-state index contributed by atoms with van der Waals surface area (Å²) in [5.41, 5.74) is 0.725. The van der Waals surface area contributed by atoms with E-state index in [0.29, 0.717) is 5.56 Å². The maximum Gasteiger partial charge on any atom is 0.293 e. The van der Waals surface area contributed by atoms with E-state index in [1.165, 1.54) is 36.4 Å². The zero-order chi connectivity index (χ0) is 18.0. The van der Waals surface area contributed by atoms with Crippen molar-refractivity contribution in [3.05, 3.63) is 74.7 Å². The van der Waals surface area contributed by atoms with Crippen molar-refractivity contribution in [3.63, 3.8) is 0 Å². The van der Waals surface area contributed by atoms with Crippen LogP contribution < -0.4 is 0 Å². The summed E-state index contributed by atoms with van der Waals surface area (Å²) < 4.78 is 0.